The van der Waals surface area contributed by atoms with E-state index in [1.54, 1.807) is 60.7 Å². The third-order valence-electron chi connectivity index (χ3n) is 3.69. The van der Waals surface area contributed by atoms with E-state index in [-0.39, 0.29) is 0 Å². The van der Waals surface area contributed by atoms with Crippen molar-refractivity contribution < 1.29 is 23.8 Å². The van der Waals surface area contributed by atoms with Crippen LogP contribution in [-0.4, -0.2) is 31.7 Å². The molecule has 146 valence electrons. The van der Waals surface area contributed by atoms with Crippen molar-refractivity contribution in [1.29, 1.82) is 0 Å². The van der Waals surface area contributed by atoms with Gasteiger partial charge in [0.05, 0.1) is 12.8 Å². The number of benzene rings is 2. The van der Waals surface area contributed by atoms with E-state index in [1.807, 2.05) is 0 Å². The number of hydrogen-bond donors (Lipinski definition) is 1. The van der Waals surface area contributed by atoms with E-state index in [0.29, 0.717) is 23.8 Å². The molecular formula is C22H23NO5. The summed E-state index contributed by atoms with van der Waals surface area (Å²) < 4.78 is 15.7. The van der Waals surface area contributed by atoms with Gasteiger partial charge >= 0.3 is 5.97 Å². The van der Waals surface area contributed by atoms with Crippen molar-refractivity contribution in [2.45, 2.75) is 13.0 Å². The van der Waals surface area contributed by atoms with E-state index in [0.717, 1.165) is 5.56 Å². The molecule has 0 aliphatic heterocycles. The second-order valence-electron chi connectivity index (χ2n) is 5.77. The van der Waals surface area contributed by atoms with E-state index in [1.165, 1.54) is 20.1 Å². The van der Waals surface area contributed by atoms with Crippen LogP contribution in [0.4, 0.5) is 5.69 Å². The minimum atomic E-state index is -0.961. The van der Waals surface area contributed by atoms with Crippen molar-refractivity contribution in [2.24, 2.45) is 0 Å². The van der Waals surface area contributed by atoms with Crippen LogP contribution in [0, 0.1) is 0 Å². The van der Waals surface area contributed by atoms with Crippen LogP contribution in [0.15, 0.2) is 67.3 Å². The summed E-state index contributed by atoms with van der Waals surface area (Å²) in [6, 6.07) is 14.2. The van der Waals surface area contributed by atoms with E-state index in [4.69, 9.17) is 14.2 Å². The van der Waals surface area contributed by atoms with Crippen LogP contribution in [0.25, 0.3) is 6.08 Å². The van der Waals surface area contributed by atoms with Crippen LogP contribution in [0.1, 0.15) is 12.5 Å². The summed E-state index contributed by atoms with van der Waals surface area (Å²) in [5.74, 6) is 0.167. The average molecular weight is 381 g/mol. The Balaban J connectivity index is 1.88. The average Bonchev–Trinajstić information content (AvgIpc) is 2.71. The predicted molar refractivity (Wildman–Crippen MR) is 108 cm³/mol. The second-order valence-corrected chi connectivity index (χ2v) is 5.77. The van der Waals surface area contributed by atoms with Crippen molar-refractivity contribution in [3.05, 3.63) is 72.8 Å². The molecule has 28 heavy (non-hydrogen) atoms. The second kappa shape index (κ2) is 10.6. The molecule has 0 spiro atoms. The highest BCUT2D eigenvalue weighted by molar-refractivity contribution is 5.97. The van der Waals surface area contributed by atoms with E-state index in [2.05, 4.69) is 11.9 Å². The van der Waals surface area contributed by atoms with Gasteiger partial charge in [0.1, 0.15) is 18.1 Å². The van der Waals surface area contributed by atoms with Crippen molar-refractivity contribution in [1.82, 2.24) is 0 Å². The highest BCUT2D eigenvalue weighted by Crippen LogP contribution is 2.23. The number of carbonyl (C=O) groups excluding carboxylic acids is 2. The van der Waals surface area contributed by atoms with Gasteiger partial charge in [-0.25, -0.2) is 4.79 Å². The molecule has 6 heteroatoms. The number of carbonyl (C=O) groups is 2. The minimum absolute atomic E-state index is 0.427. The molecule has 1 atom stereocenters. The molecule has 1 unspecified atom stereocenters. The molecule has 0 bridgehead atoms. The van der Waals surface area contributed by atoms with Crippen LogP contribution in [0.3, 0.4) is 0 Å². The van der Waals surface area contributed by atoms with Crippen molar-refractivity contribution in [3.8, 4) is 11.5 Å². The summed E-state index contributed by atoms with van der Waals surface area (Å²) in [5.41, 5.74) is 1.31. The maximum absolute atomic E-state index is 12.2. The molecule has 0 saturated heterocycles. The molecular weight excluding hydrogens is 358 g/mol. The number of nitrogens with one attached hydrogen (secondary N) is 1. The Kier molecular flexibility index (Phi) is 7.84. The quantitative estimate of drug-likeness (QED) is 0.406. The SMILES string of the molecule is C=CCOc1ccc(/C=C/C(=O)OC(C)C(=O)Nc2ccccc2OC)cc1. The molecule has 0 aromatic heterocycles. The predicted octanol–water partition coefficient (Wildman–Crippen LogP) is 3.84. The van der Waals surface area contributed by atoms with Crippen LogP contribution >= 0.6 is 0 Å². The van der Waals surface area contributed by atoms with Gasteiger partial charge in [-0.1, -0.05) is 36.9 Å². The lowest BCUT2D eigenvalue weighted by molar-refractivity contribution is -0.148. The molecule has 0 fully saturated rings. The lowest BCUT2D eigenvalue weighted by Crippen LogP contribution is -2.29. The first-order chi connectivity index (χ1) is 13.5. The first-order valence-electron chi connectivity index (χ1n) is 8.70. The fourth-order valence-corrected chi connectivity index (χ4v) is 2.24. The molecule has 2 aromatic rings. The fourth-order valence-electron chi connectivity index (χ4n) is 2.24. The van der Waals surface area contributed by atoms with Crippen molar-refractivity contribution in [2.75, 3.05) is 19.0 Å². The Morgan fingerprint density at radius 3 is 2.54 bits per heavy atom. The first-order valence-corrected chi connectivity index (χ1v) is 8.70. The third kappa shape index (κ3) is 6.32. The Bertz CT molecular complexity index is 842. The first kappa shape index (κ1) is 20.8. The van der Waals surface area contributed by atoms with Crippen LogP contribution < -0.4 is 14.8 Å². The largest absolute Gasteiger partial charge is 0.495 e. The molecule has 2 rings (SSSR count). The van der Waals surface area contributed by atoms with Gasteiger partial charge in [0, 0.05) is 6.08 Å². The summed E-state index contributed by atoms with van der Waals surface area (Å²) in [5, 5.41) is 2.68. The highest BCUT2D eigenvalue weighted by atomic mass is 16.5. The lowest BCUT2D eigenvalue weighted by Gasteiger charge is -2.14. The van der Waals surface area contributed by atoms with E-state index < -0.39 is 18.0 Å². The van der Waals surface area contributed by atoms with Crippen molar-refractivity contribution in [3.63, 3.8) is 0 Å². The Hall–Kier alpha value is -3.54. The maximum atomic E-state index is 12.2. The van der Waals surface area contributed by atoms with Gasteiger partial charge in [0.25, 0.3) is 5.91 Å². The number of ether oxygens (including phenoxy) is 3. The van der Waals surface area contributed by atoms with E-state index in [9.17, 15) is 9.59 Å². The third-order valence-corrected chi connectivity index (χ3v) is 3.69. The Morgan fingerprint density at radius 1 is 1.14 bits per heavy atom. The number of esters is 1. The topological polar surface area (TPSA) is 73.9 Å². The summed E-state index contributed by atoms with van der Waals surface area (Å²) in [4.78, 5) is 24.2. The molecule has 1 N–H and O–H groups in total. The lowest BCUT2D eigenvalue weighted by atomic mass is 10.2. The summed E-state index contributed by atoms with van der Waals surface area (Å²) >= 11 is 0. The van der Waals surface area contributed by atoms with Crippen LogP contribution in [0.2, 0.25) is 0 Å². The molecule has 1 amide bonds. The summed E-state index contributed by atoms with van der Waals surface area (Å²) in [6.45, 7) is 5.52. The van der Waals surface area contributed by atoms with Gasteiger partial charge in [-0.2, -0.15) is 0 Å². The Morgan fingerprint density at radius 2 is 1.86 bits per heavy atom. The van der Waals surface area contributed by atoms with Gasteiger partial charge in [-0.3, -0.25) is 4.79 Å². The molecule has 2 aromatic carbocycles. The number of methoxy groups -OCH3 is 1. The zero-order valence-electron chi connectivity index (χ0n) is 15.9. The smallest absolute Gasteiger partial charge is 0.331 e. The number of hydrogen-bond acceptors (Lipinski definition) is 5. The number of amides is 1. The van der Waals surface area contributed by atoms with Gasteiger partial charge in [-0.05, 0) is 42.8 Å². The Labute approximate surface area is 164 Å². The maximum Gasteiger partial charge on any atom is 0.331 e. The number of anilines is 1. The van der Waals surface area contributed by atoms with Gasteiger partial charge in [0.2, 0.25) is 0 Å². The summed E-state index contributed by atoms with van der Waals surface area (Å²) in [6.07, 6.45) is 3.57. The van der Waals surface area contributed by atoms with Gasteiger partial charge < -0.3 is 19.5 Å². The number of para-hydroxylation sites is 2. The van der Waals surface area contributed by atoms with Gasteiger partial charge in [0.15, 0.2) is 6.10 Å². The molecule has 0 aliphatic rings. The zero-order valence-corrected chi connectivity index (χ0v) is 15.9. The highest BCUT2D eigenvalue weighted by Gasteiger charge is 2.18. The summed E-state index contributed by atoms with van der Waals surface area (Å²) in [7, 11) is 1.51. The molecule has 0 saturated carbocycles. The normalized spacial score (nSPS) is 11.5. The monoisotopic (exact) mass is 381 g/mol. The van der Waals surface area contributed by atoms with Gasteiger partial charge in [-0.15, -0.1) is 0 Å². The van der Waals surface area contributed by atoms with Crippen molar-refractivity contribution >= 4 is 23.6 Å². The van der Waals surface area contributed by atoms with E-state index >= 15 is 0 Å². The molecule has 0 aliphatic carbocycles. The van der Waals surface area contributed by atoms with Crippen LogP contribution in [0.5, 0.6) is 11.5 Å². The van der Waals surface area contributed by atoms with Crippen LogP contribution in [-0.2, 0) is 14.3 Å². The standard InChI is InChI=1S/C22H23NO5/c1-4-15-27-18-12-9-17(10-13-18)11-14-21(24)28-16(2)22(25)23-19-7-5-6-8-20(19)26-3/h4-14,16H,1,15H2,2-3H3,(H,23,25)/b14-11+. The number of rotatable bonds is 9. The minimum Gasteiger partial charge on any atom is -0.495 e. The fraction of sp³-hybridized carbons (Fsp3) is 0.182. The molecule has 0 radical (unpaired) electrons. The zero-order chi connectivity index (χ0) is 20.4. The molecule has 0 heterocycles. The molecule has 6 nitrogen and oxygen atoms in total.